The predicted molar refractivity (Wildman–Crippen MR) is 72.8 cm³/mol. The number of aromatic nitrogens is 1. The number of halogens is 2. The number of hydrogen-bond donors (Lipinski definition) is 1. The lowest BCUT2D eigenvalue weighted by molar-refractivity contribution is 0.509. The maximum Gasteiger partial charge on any atom is 0.159 e. The van der Waals surface area contributed by atoms with Crippen LogP contribution in [0.4, 0.5) is 14.6 Å². The summed E-state index contributed by atoms with van der Waals surface area (Å²) in [6.07, 6.45) is 0.613. The van der Waals surface area contributed by atoms with E-state index < -0.39 is 11.6 Å². The number of rotatable bonds is 2. The Hall–Kier alpha value is -2.48. The van der Waals surface area contributed by atoms with Gasteiger partial charge in [0.1, 0.15) is 17.5 Å². The van der Waals surface area contributed by atoms with Crippen molar-refractivity contribution in [1.29, 1.82) is 5.26 Å². The number of anilines is 1. The van der Waals surface area contributed by atoms with Crippen molar-refractivity contribution < 1.29 is 8.78 Å². The summed E-state index contributed by atoms with van der Waals surface area (Å²) in [6.45, 7) is 3.68. The van der Waals surface area contributed by atoms with Gasteiger partial charge in [-0.2, -0.15) is 5.26 Å². The smallest absolute Gasteiger partial charge is 0.159 e. The molecular weight excluding hydrogens is 260 g/mol. The molecule has 2 rings (SSSR count). The molecule has 0 aliphatic carbocycles. The molecule has 0 unspecified atom stereocenters. The zero-order valence-electron chi connectivity index (χ0n) is 11.2. The summed E-state index contributed by atoms with van der Waals surface area (Å²) >= 11 is 0. The Bertz CT molecular complexity index is 718. The van der Waals surface area contributed by atoms with E-state index in [2.05, 4.69) is 4.98 Å². The van der Waals surface area contributed by atoms with E-state index in [1.165, 1.54) is 6.07 Å². The van der Waals surface area contributed by atoms with Gasteiger partial charge in [0.15, 0.2) is 11.6 Å². The van der Waals surface area contributed by atoms with Crippen molar-refractivity contribution in [2.75, 3.05) is 5.73 Å². The van der Waals surface area contributed by atoms with E-state index in [4.69, 9.17) is 5.73 Å². The molecule has 0 atom stereocenters. The Labute approximate surface area is 115 Å². The number of nitrogens with two attached hydrogens (primary N) is 1. The van der Waals surface area contributed by atoms with Crippen LogP contribution in [0.5, 0.6) is 0 Å². The molecule has 3 nitrogen and oxygen atoms in total. The Kier molecular flexibility index (Phi) is 3.66. The van der Waals surface area contributed by atoms with Crippen LogP contribution in [-0.2, 0) is 6.42 Å². The summed E-state index contributed by atoms with van der Waals surface area (Å²) in [7, 11) is 0. The van der Waals surface area contributed by atoms with Crippen molar-refractivity contribution in [1.82, 2.24) is 4.98 Å². The molecule has 0 saturated heterocycles. The molecule has 20 heavy (non-hydrogen) atoms. The van der Waals surface area contributed by atoms with Crippen molar-refractivity contribution in [2.24, 2.45) is 0 Å². The molecule has 2 N–H and O–H groups in total. The Morgan fingerprint density at radius 2 is 2.00 bits per heavy atom. The van der Waals surface area contributed by atoms with Crippen LogP contribution in [-0.4, -0.2) is 4.98 Å². The molecule has 102 valence electrons. The molecule has 0 aliphatic rings. The van der Waals surface area contributed by atoms with Crippen LogP contribution in [0.15, 0.2) is 18.2 Å². The fraction of sp³-hybridized carbons (Fsp3) is 0.200. The van der Waals surface area contributed by atoms with Crippen molar-refractivity contribution >= 4 is 5.82 Å². The lowest BCUT2D eigenvalue weighted by Gasteiger charge is -2.14. The van der Waals surface area contributed by atoms with Crippen LogP contribution < -0.4 is 5.73 Å². The third kappa shape index (κ3) is 2.21. The molecule has 0 spiro atoms. The second kappa shape index (κ2) is 5.25. The number of nitriles is 1. The predicted octanol–water partition coefficient (Wildman–Crippen LogP) is 3.35. The number of nitrogen functional groups attached to an aromatic ring is 1. The quantitative estimate of drug-likeness (QED) is 0.912. The fourth-order valence-corrected chi connectivity index (χ4v) is 2.28. The molecule has 2 aromatic rings. The maximum absolute atomic E-state index is 13.4. The molecule has 0 fully saturated rings. The SMILES string of the molecule is CCc1c(C)nc(N)c(C#N)c1-c1ccc(F)c(F)c1. The normalized spacial score (nSPS) is 10.3. The molecule has 1 aromatic carbocycles. The highest BCUT2D eigenvalue weighted by atomic mass is 19.2. The molecule has 5 heteroatoms. The van der Waals surface area contributed by atoms with E-state index in [9.17, 15) is 14.0 Å². The molecule has 0 amide bonds. The number of benzene rings is 1. The van der Waals surface area contributed by atoms with Gasteiger partial charge in [0.25, 0.3) is 0 Å². The summed E-state index contributed by atoms with van der Waals surface area (Å²) in [5.74, 6) is -1.78. The molecule has 1 aromatic heterocycles. The summed E-state index contributed by atoms with van der Waals surface area (Å²) in [5.41, 5.74) is 8.40. The molecule has 0 saturated carbocycles. The molecule has 0 aliphatic heterocycles. The van der Waals surface area contributed by atoms with Gasteiger partial charge in [-0.1, -0.05) is 13.0 Å². The van der Waals surface area contributed by atoms with Gasteiger partial charge < -0.3 is 5.73 Å². The Balaban J connectivity index is 2.84. The monoisotopic (exact) mass is 273 g/mol. The van der Waals surface area contributed by atoms with Gasteiger partial charge in [-0.15, -0.1) is 0 Å². The first-order valence-corrected chi connectivity index (χ1v) is 6.14. The summed E-state index contributed by atoms with van der Waals surface area (Å²) in [4.78, 5) is 4.13. The highest BCUT2D eigenvalue weighted by molar-refractivity contribution is 5.79. The highest BCUT2D eigenvalue weighted by Crippen LogP contribution is 2.33. The first-order chi connectivity index (χ1) is 9.49. The molecule has 1 heterocycles. The van der Waals surface area contributed by atoms with Crippen LogP contribution in [0.25, 0.3) is 11.1 Å². The van der Waals surface area contributed by atoms with Gasteiger partial charge in [-0.25, -0.2) is 13.8 Å². The second-order valence-electron chi connectivity index (χ2n) is 4.41. The van der Waals surface area contributed by atoms with Crippen molar-refractivity contribution in [3.8, 4) is 17.2 Å². The van der Waals surface area contributed by atoms with Gasteiger partial charge in [-0.05, 0) is 36.6 Å². The van der Waals surface area contributed by atoms with Crippen molar-refractivity contribution in [3.63, 3.8) is 0 Å². The van der Waals surface area contributed by atoms with Gasteiger partial charge in [0.2, 0.25) is 0 Å². The van der Waals surface area contributed by atoms with Crippen LogP contribution in [0.3, 0.4) is 0 Å². The first-order valence-electron chi connectivity index (χ1n) is 6.14. The minimum absolute atomic E-state index is 0.0990. The second-order valence-corrected chi connectivity index (χ2v) is 4.41. The van der Waals surface area contributed by atoms with Crippen molar-refractivity contribution in [2.45, 2.75) is 20.3 Å². The van der Waals surface area contributed by atoms with Crippen LogP contribution >= 0.6 is 0 Å². The molecular formula is C15H13F2N3. The summed E-state index contributed by atoms with van der Waals surface area (Å²) in [5, 5.41) is 9.26. The van der Waals surface area contributed by atoms with E-state index in [1.54, 1.807) is 6.92 Å². The van der Waals surface area contributed by atoms with E-state index >= 15 is 0 Å². The lowest BCUT2D eigenvalue weighted by Crippen LogP contribution is -2.05. The van der Waals surface area contributed by atoms with Gasteiger partial charge in [0, 0.05) is 11.3 Å². The maximum atomic E-state index is 13.4. The van der Waals surface area contributed by atoms with Crippen LogP contribution in [0.2, 0.25) is 0 Å². The van der Waals surface area contributed by atoms with E-state index in [1.807, 2.05) is 13.0 Å². The number of pyridine rings is 1. The van der Waals surface area contributed by atoms with E-state index in [0.717, 1.165) is 17.7 Å². The molecule has 0 bridgehead atoms. The fourth-order valence-electron chi connectivity index (χ4n) is 2.28. The zero-order chi connectivity index (χ0) is 14.9. The van der Waals surface area contributed by atoms with Crippen molar-refractivity contribution in [3.05, 3.63) is 46.7 Å². The van der Waals surface area contributed by atoms with Gasteiger partial charge >= 0.3 is 0 Å². The number of nitrogens with zero attached hydrogens (tertiary/aromatic N) is 2. The topological polar surface area (TPSA) is 62.7 Å². The third-order valence-corrected chi connectivity index (χ3v) is 3.21. The van der Waals surface area contributed by atoms with Gasteiger partial charge in [-0.3, -0.25) is 0 Å². The van der Waals surface area contributed by atoms with E-state index in [0.29, 0.717) is 23.2 Å². The number of aryl methyl sites for hydroxylation is 1. The Morgan fingerprint density at radius 1 is 1.30 bits per heavy atom. The third-order valence-electron chi connectivity index (χ3n) is 3.21. The zero-order valence-corrected chi connectivity index (χ0v) is 11.2. The average molecular weight is 273 g/mol. The van der Waals surface area contributed by atoms with E-state index in [-0.39, 0.29) is 11.4 Å². The van der Waals surface area contributed by atoms with Crippen LogP contribution in [0, 0.1) is 29.9 Å². The lowest BCUT2D eigenvalue weighted by atomic mass is 9.93. The Morgan fingerprint density at radius 3 is 2.55 bits per heavy atom. The standard InChI is InChI=1S/C15H13F2N3/c1-3-10-8(2)20-15(19)11(7-18)14(10)9-4-5-12(16)13(17)6-9/h4-6H,3H2,1-2H3,(H2,19,20). The molecule has 0 radical (unpaired) electrons. The summed E-state index contributed by atoms with van der Waals surface area (Å²) in [6, 6.07) is 5.54. The summed E-state index contributed by atoms with van der Waals surface area (Å²) < 4.78 is 26.5. The first kappa shape index (κ1) is 13.9. The highest BCUT2D eigenvalue weighted by Gasteiger charge is 2.18. The minimum Gasteiger partial charge on any atom is -0.383 e. The van der Waals surface area contributed by atoms with Gasteiger partial charge in [0.05, 0.1) is 0 Å². The minimum atomic E-state index is -0.957. The average Bonchev–Trinajstić information content (AvgIpc) is 2.41. The van der Waals surface area contributed by atoms with Crippen LogP contribution in [0.1, 0.15) is 23.7 Å². The number of hydrogen-bond acceptors (Lipinski definition) is 3. The largest absolute Gasteiger partial charge is 0.383 e.